The van der Waals surface area contributed by atoms with Crippen LogP contribution in [0.3, 0.4) is 0 Å². The highest BCUT2D eigenvalue weighted by molar-refractivity contribution is 5.92. The minimum Gasteiger partial charge on any atom is -0.384 e. The van der Waals surface area contributed by atoms with Gasteiger partial charge in [0.1, 0.15) is 5.82 Å². The van der Waals surface area contributed by atoms with Gasteiger partial charge in [0, 0.05) is 12.5 Å². The number of carbonyl (C=O) groups is 1. The number of aromatic nitrogens is 1. The summed E-state index contributed by atoms with van der Waals surface area (Å²) in [5, 5.41) is 6.15. The molecule has 0 atom stereocenters. The number of amides is 1. The Morgan fingerprint density at radius 3 is 2.72 bits per heavy atom. The first-order chi connectivity index (χ1) is 8.65. The second-order valence-electron chi connectivity index (χ2n) is 5.32. The fraction of sp³-hybridized carbons (Fsp3) is 0.571. The van der Waals surface area contributed by atoms with Gasteiger partial charge in [-0.15, -0.1) is 0 Å². The van der Waals surface area contributed by atoms with Crippen LogP contribution in [0.2, 0.25) is 0 Å². The number of hydrogen-bond acceptors (Lipinski definition) is 3. The predicted molar refractivity (Wildman–Crippen MR) is 73.5 cm³/mol. The van der Waals surface area contributed by atoms with Crippen molar-refractivity contribution in [1.82, 2.24) is 4.98 Å². The van der Waals surface area contributed by atoms with Gasteiger partial charge in [-0.25, -0.2) is 4.98 Å². The summed E-state index contributed by atoms with van der Waals surface area (Å²) in [5.41, 5.74) is 0.991. The van der Waals surface area contributed by atoms with E-state index in [2.05, 4.69) is 29.5 Å². The lowest BCUT2D eigenvalue weighted by molar-refractivity contribution is -0.122. The fourth-order valence-electron chi connectivity index (χ4n) is 1.79. The van der Waals surface area contributed by atoms with E-state index in [0.717, 1.165) is 25.1 Å². The van der Waals surface area contributed by atoms with Crippen molar-refractivity contribution in [2.24, 2.45) is 11.8 Å². The summed E-state index contributed by atoms with van der Waals surface area (Å²) in [6.07, 6.45) is 4.96. The lowest BCUT2D eigenvalue weighted by Gasteiger charge is -2.23. The summed E-state index contributed by atoms with van der Waals surface area (Å²) in [7, 11) is 0. The summed E-state index contributed by atoms with van der Waals surface area (Å²) >= 11 is 0. The molecule has 18 heavy (non-hydrogen) atoms. The SMILES string of the molecule is CC(C)CNc1ccc(NC(=O)C2CCC2)nc1. The summed E-state index contributed by atoms with van der Waals surface area (Å²) in [5.74, 6) is 1.55. The Morgan fingerprint density at radius 1 is 1.44 bits per heavy atom. The van der Waals surface area contributed by atoms with Crippen molar-refractivity contribution in [2.45, 2.75) is 33.1 Å². The third kappa shape index (κ3) is 3.45. The Hall–Kier alpha value is -1.58. The van der Waals surface area contributed by atoms with Gasteiger partial charge < -0.3 is 10.6 Å². The molecule has 0 radical (unpaired) electrons. The molecule has 4 nitrogen and oxygen atoms in total. The van der Waals surface area contributed by atoms with Crippen molar-refractivity contribution >= 4 is 17.4 Å². The molecule has 2 N–H and O–H groups in total. The molecule has 1 heterocycles. The first-order valence-electron chi connectivity index (χ1n) is 6.66. The number of rotatable bonds is 5. The normalized spacial score (nSPS) is 15.3. The summed E-state index contributed by atoms with van der Waals surface area (Å²) in [6.45, 7) is 5.25. The van der Waals surface area contributed by atoms with Gasteiger partial charge in [0.2, 0.25) is 5.91 Å². The van der Waals surface area contributed by atoms with Crippen LogP contribution in [0.25, 0.3) is 0 Å². The Kier molecular flexibility index (Phi) is 4.18. The Labute approximate surface area is 108 Å². The van der Waals surface area contributed by atoms with Gasteiger partial charge >= 0.3 is 0 Å². The standard InChI is InChI=1S/C14H21N3O/c1-10(2)8-15-12-6-7-13(16-9-12)17-14(18)11-4-3-5-11/h6-7,9-11,15H,3-5,8H2,1-2H3,(H,16,17,18). The van der Waals surface area contributed by atoms with E-state index >= 15 is 0 Å². The Bertz CT molecular complexity index is 396. The Morgan fingerprint density at radius 2 is 2.22 bits per heavy atom. The molecule has 0 aliphatic heterocycles. The van der Waals surface area contributed by atoms with Gasteiger partial charge in [-0.2, -0.15) is 0 Å². The highest BCUT2D eigenvalue weighted by Gasteiger charge is 2.25. The molecule has 1 aromatic heterocycles. The largest absolute Gasteiger partial charge is 0.384 e. The molecule has 1 aliphatic carbocycles. The monoisotopic (exact) mass is 247 g/mol. The van der Waals surface area contributed by atoms with E-state index in [-0.39, 0.29) is 11.8 Å². The minimum atomic E-state index is 0.108. The summed E-state index contributed by atoms with van der Waals surface area (Å²) < 4.78 is 0. The third-order valence-electron chi connectivity index (χ3n) is 3.21. The molecular weight excluding hydrogens is 226 g/mol. The molecule has 0 unspecified atom stereocenters. The number of pyridine rings is 1. The van der Waals surface area contributed by atoms with Gasteiger partial charge in [0.15, 0.2) is 0 Å². The molecule has 0 saturated heterocycles. The van der Waals surface area contributed by atoms with Crippen molar-refractivity contribution in [3.8, 4) is 0 Å². The topological polar surface area (TPSA) is 54.0 Å². The van der Waals surface area contributed by atoms with Crippen LogP contribution < -0.4 is 10.6 Å². The highest BCUT2D eigenvalue weighted by Crippen LogP contribution is 2.27. The first-order valence-corrected chi connectivity index (χ1v) is 6.66. The average Bonchev–Trinajstić information content (AvgIpc) is 2.25. The van der Waals surface area contributed by atoms with E-state index in [0.29, 0.717) is 11.7 Å². The van der Waals surface area contributed by atoms with E-state index < -0.39 is 0 Å². The number of anilines is 2. The van der Waals surface area contributed by atoms with Crippen molar-refractivity contribution in [1.29, 1.82) is 0 Å². The zero-order chi connectivity index (χ0) is 13.0. The van der Waals surface area contributed by atoms with Crippen LogP contribution in [-0.2, 0) is 4.79 Å². The molecule has 98 valence electrons. The van der Waals surface area contributed by atoms with E-state index in [1.165, 1.54) is 6.42 Å². The van der Waals surface area contributed by atoms with Crippen molar-refractivity contribution < 1.29 is 4.79 Å². The molecule has 2 rings (SSSR count). The maximum Gasteiger partial charge on any atom is 0.228 e. The molecular formula is C14H21N3O. The fourth-order valence-corrected chi connectivity index (χ4v) is 1.79. The maximum absolute atomic E-state index is 11.7. The zero-order valence-electron chi connectivity index (χ0n) is 11.1. The van der Waals surface area contributed by atoms with Crippen LogP contribution in [0.4, 0.5) is 11.5 Å². The lowest BCUT2D eigenvalue weighted by atomic mass is 9.85. The molecule has 1 aromatic rings. The highest BCUT2D eigenvalue weighted by atomic mass is 16.2. The number of carbonyl (C=O) groups excluding carboxylic acids is 1. The van der Waals surface area contributed by atoms with Crippen LogP contribution in [0, 0.1) is 11.8 Å². The maximum atomic E-state index is 11.7. The number of nitrogens with one attached hydrogen (secondary N) is 2. The predicted octanol–water partition coefficient (Wildman–Crippen LogP) is 2.89. The van der Waals surface area contributed by atoms with Crippen LogP contribution in [0.1, 0.15) is 33.1 Å². The number of nitrogens with zero attached hydrogens (tertiary/aromatic N) is 1. The van der Waals surface area contributed by atoms with Crippen LogP contribution in [-0.4, -0.2) is 17.4 Å². The average molecular weight is 247 g/mol. The molecule has 0 bridgehead atoms. The molecule has 0 aromatic carbocycles. The van der Waals surface area contributed by atoms with E-state index in [1.54, 1.807) is 6.20 Å². The van der Waals surface area contributed by atoms with E-state index in [1.807, 2.05) is 12.1 Å². The van der Waals surface area contributed by atoms with Gasteiger partial charge in [-0.1, -0.05) is 20.3 Å². The van der Waals surface area contributed by atoms with Crippen molar-refractivity contribution in [3.05, 3.63) is 18.3 Å². The van der Waals surface area contributed by atoms with Gasteiger partial charge in [0.25, 0.3) is 0 Å². The molecule has 1 aliphatic rings. The molecule has 1 saturated carbocycles. The zero-order valence-corrected chi connectivity index (χ0v) is 11.1. The quantitative estimate of drug-likeness (QED) is 0.841. The van der Waals surface area contributed by atoms with E-state index in [9.17, 15) is 4.79 Å². The van der Waals surface area contributed by atoms with Crippen LogP contribution >= 0.6 is 0 Å². The van der Waals surface area contributed by atoms with Gasteiger partial charge in [-0.05, 0) is 30.9 Å². The molecule has 4 heteroatoms. The minimum absolute atomic E-state index is 0.108. The number of hydrogen-bond donors (Lipinski definition) is 2. The molecule has 0 spiro atoms. The summed E-state index contributed by atoms with van der Waals surface area (Å²) in [6, 6.07) is 3.80. The van der Waals surface area contributed by atoms with Crippen molar-refractivity contribution in [2.75, 3.05) is 17.2 Å². The van der Waals surface area contributed by atoms with Crippen LogP contribution in [0.15, 0.2) is 18.3 Å². The Balaban J connectivity index is 1.84. The third-order valence-corrected chi connectivity index (χ3v) is 3.21. The van der Waals surface area contributed by atoms with E-state index in [4.69, 9.17) is 0 Å². The van der Waals surface area contributed by atoms with Gasteiger partial charge in [-0.3, -0.25) is 4.79 Å². The second-order valence-corrected chi connectivity index (χ2v) is 5.32. The first kappa shape index (κ1) is 12.9. The smallest absolute Gasteiger partial charge is 0.228 e. The molecule has 1 fully saturated rings. The van der Waals surface area contributed by atoms with Gasteiger partial charge in [0.05, 0.1) is 11.9 Å². The summed E-state index contributed by atoms with van der Waals surface area (Å²) in [4.78, 5) is 16.0. The van der Waals surface area contributed by atoms with Crippen LogP contribution in [0.5, 0.6) is 0 Å². The molecule has 1 amide bonds. The lowest BCUT2D eigenvalue weighted by Crippen LogP contribution is -2.28. The van der Waals surface area contributed by atoms with Crippen molar-refractivity contribution in [3.63, 3.8) is 0 Å². The second kappa shape index (κ2) is 5.85.